The Labute approximate surface area is 170 Å². The van der Waals surface area contributed by atoms with Crippen LogP contribution in [0.1, 0.15) is 33.2 Å². The first kappa shape index (κ1) is 20.4. The minimum Gasteiger partial charge on any atom is -0.450 e. The topological polar surface area (TPSA) is 79.0 Å². The summed E-state index contributed by atoms with van der Waals surface area (Å²) in [6.45, 7) is 5.68. The molecule has 0 atom stereocenters. The molecule has 7 nitrogen and oxygen atoms in total. The van der Waals surface area contributed by atoms with Gasteiger partial charge in [-0.2, -0.15) is 0 Å². The van der Waals surface area contributed by atoms with Crippen LogP contribution in [0.15, 0.2) is 48.5 Å². The molecule has 1 aliphatic rings. The zero-order valence-corrected chi connectivity index (χ0v) is 16.7. The molecule has 1 heterocycles. The molecule has 29 heavy (non-hydrogen) atoms. The van der Waals surface area contributed by atoms with Crippen LogP contribution in [0, 0.1) is 6.92 Å². The van der Waals surface area contributed by atoms with Crippen molar-refractivity contribution in [3.8, 4) is 0 Å². The number of benzene rings is 2. The summed E-state index contributed by atoms with van der Waals surface area (Å²) in [5, 5.41) is 2.85. The number of carbonyl (C=O) groups excluding carboxylic acids is 3. The molecule has 2 aromatic rings. The van der Waals surface area contributed by atoms with Gasteiger partial charge in [-0.1, -0.05) is 29.8 Å². The first-order chi connectivity index (χ1) is 14.0. The highest BCUT2D eigenvalue weighted by Crippen LogP contribution is 2.20. The van der Waals surface area contributed by atoms with Crippen molar-refractivity contribution in [2.45, 2.75) is 13.8 Å². The number of ether oxygens (including phenoxy) is 1. The maximum atomic E-state index is 13.0. The van der Waals surface area contributed by atoms with Gasteiger partial charge in [0.15, 0.2) is 0 Å². The maximum absolute atomic E-state index is 13.0. The van der Waals surface area contributed by atoms with Gasteiger partial charge in [0.25, 0.3) is 11.8 Å². The van der Waals surface area contributed by atoms with E-state index in [1.165, 1.54) is 0 Å². The number of anilines is 1. The van der Waals surface area contributed by atoms with Crippen LogP contribution in [0.25, 0.3) is 0 Å². The molecule has 1 fully saturated rings. The molecule has 0 aromatic heterocycles. The van der Waals surface area contributed by atoms with Crippen molar-refractivity contribution < 1.29 is 19.1 Å². The van der Waals surface area contributed by atoms with E-state index in [4.69, 9.17) is 4.74 Å². The van der Waals surface area contributed by atoms with Crippen LogP contribution in [0.3, 0.4) is 0 Å². The molecule has 0 radical (unpaired) electrons. The Morgan fingerprint density at radius 2 is 1.66 bits per heavy atom. The summed E-state index contributed by atoms with van der Waals surface area (Å²) in [6, 6.07) is 14.2. The average Bonchev–Trinajstić information content (AvgIpc) is 2.74. The van der Waals surface area contributed by atoms with Gasteiger partial charge in [-0.3, -0.25) is 9.59 Å². The number of rotatable bonds is 4. The molecule has 152 valence electrons. The van der Waals surface area contributed by atoms with Gasteiger partial charge in [-0.15, -0.1) is 0 Å². The lowest BCUT2D eigenvalue weighted by Crippen LogP contribution is -2.50. The molecule has 3 rings (SSSR count). The van der Waals surface area contributed by atoms with Crippen LogP contribution in [-0.2, 0) is 4.74 Å². The van der Waals surface area contributed by atoms with Crippen molar-refractivity contribution in [3.63, 3.8) is 0 Å². The van der Waals surface area contributed by atoms with E-state index in [2.05, 4.69) is 5.32 Å². The number of amides is 3. The average molecular weight is 395 g/mol. The quantitative estimate of drug-likeness (QED) is 0.863. The fraction of sp³-hybridized carbons (Fsp3) is 0.318. The molecule has 0 saturated carbocycles. The second kappa shape index (κ2) is 9.23. The molecular weight excluding hydrogens is 370 g/mol. The number of nitrogens with one attached hydrogen (secondary N) is 1. The van der Waals surface area contributed by atoms with Gasteiger partial charge >= 0.3 is 6.09 Å². The van der Waals surface area contributed by atoms with Crippen LogP contribution >= 0.6 is 0 Å². The number of aryl methyl sites for hydroxylation is 1. The molecule has 0 bridgehead atoms. The first-order valence-electron chi connectivity index (χ1n) is 9.67. The summed E-state index contributed by atoms with van der Waals surface area (Å²) in [5.74, 6) is -0.435. The Morgan fingerprint density at radius 1 is 0.966 bits per heavy atom. The van der Waals surface area contributed by atoms with E-state index in [0.29, 0.717) is 49.6 Å². The Kier molecular flexibility index (Phi) is 6.49. The van der Waals surface area contributed by atoms with E-state index in [9.17, 15) is 14.4 Å². The molecule has 1 N–H and O–H groups in total. The highest BCUT2D eigenvalue weighted by Gasteiger charge is 2.26. The summed E-state index contributed by atoms with van der Waals surface area (Å²) < 4.78 is 5.01. The summed E-state index contributed by atoms with van der Waals surface area (Å²) in [7, 11) is 0. The zero-order valence-electron chi connectivity index (χ0n) is 16.7. The molecular formula is C22H25N3O4. The lowest BCUT2D eigenvalue weighted by Gasteiger charge is -2.34. The maximum Gasteiger partial charge on any atom is 0.409 e. The lowest BCUT2D eigenvalue weighted by atomic mass is 10.1. The largest absolute Gasteiger partial charge is 0.450 e. The van der Waals surface area contributed by atoms with Crippen molar-refractivity contribution in [1.82, 2.24) is 9.80 Å². The van der Waals surface area contributed by atoms with E-state index in [-0.39, 0.29) is 17.9 Å². The molecule has 3 amide bonds. The number of hydrogen-bond acceptors (Lipinski definition) is 4. The third kappa shape index (κ3) is 4.93. The summed E-state index contributed by atoms with van der Waals surface area (Å²) in [6.07, 6.45) is -0.356. The third-order valence-electron chi connectivity index (χ3n) is 4.78. The Balaban J connectivity index is 1.69. The molecule has 1 aliphatic heterocycles. The van der Waals surface area contributed by atoms with E-state index in [1.54, 1.807) is 53.1 Å². The van der Waals surface area contributed by atoms with Crippen molar-refractivity contribution in [1.29, 1.82) is 0 Å². The SMILES string of the molecule is CCOC(=O)N1CCN(C(=O)c2ccccc2NC(=O)c2cccc(C)c2)CC1. The predicted octanol–water partition coefficient (Wildman–Crippen LogP) is 3.16. The Bertz CT molecular complexity index is 904. The van der Waals surface area contributed by atoms with Crippen molar-refractivity contribution in [2.24, 2.45) is 0 Å². The first-order valence-corrected chi connectivity index (χ1v) is 9.67. The normalized spacial score (nSPS) is 13.7. The van der Waals surface area contributed by atoms with E-state index < -0.39 is 0 Å². The van der Waals surface area contributed by atoms with Crippen LogP contribution in [0.2, 0.25) is 0 Å². The van der Waals surface area contributed by atoms with E-state index in [0.717, 1.165) is 5.56 Å². The molecule has 0 unspecified atom stereocenters. The lowest BCUT2D eigenvalue weighted by molar-refractivity contribution is 0.0571. The highest BCUT2D eigenvalue weighted by atomic mass is 16.6. The third-order valence-corrected chi connectivity index (χ3v) is 4.78. The Hall–Kier alpha value is -3.35. The minimum absolute atomic E-state index is 0.173. The summed E-state index contributed by atoms with van der Waals surface area (Å²) in [5.41, 5.74) is 2.42. The van der Waals surface area contributed by atoms with Crippen LogP contribution in [-0.4, -0.2) is 60.5 Å². The second-order valence-electron chi connectivity index (χ2n) is 6.85. The fourth-order valence-corrected chi connectivity index (χ4v) is 3.24. The minimum atomic E-state index is -0.356. The van der Waals surface area contributed by atoms with Gasteiger partial charge in [0.1, 0.15) is 0 Å². The van der Waals surface area contributed by atoms with Gasteiger partial charge in [0.05, 0.1) is 17.9 Å². The molecule has 0 aliphatic carbocycles. The van der Waals surface area contributed by atoms with Gasteiger partial charge in [0, 0.05) is 31.7 Å². The van der Waals surface area contributed by atoms with Gasteiger partial charge in [-0.05, 0) is 38.1 Å². The van der Waals surface area contributed by atoms with Crippen LogP contribution < -0.4 is 5.32 Å². The van der Waals surface area contributed by atoms with Crippen molar-refractivity contribution >= 4 is 23.6 Å². The fourth-order valence-electron chi connectivity index (χ4n) is 3.24. The smallest absolute Gasteiger partial charge is 0.409 e. The van der Waals surface area contributed by atoms with Gasteiger partial charge < -0.3 is 19.9 Å². The highest BCUT2D eigenvalue weighted by molar-refractivity contribution is 6.09. The van der Waals surface area contributed by atoms with Crippen LogP contribution in [0.4, 0.5) is 10.5 Å². The standard InChI is InChI=1S/C22H25N3O4/c1-3-29-22(28)25-13-11-24(12-14-25)21(27)18-9-4-5-10-19(18)23-20(26)17-8-6-7-16(2)15-17/h4-10,15H,3,11-14H2,1-2H3,(H,23,26). The van der Waals surface area contributed by atoms with Crippen LogP contribution in [0.5, 0.6) is 0 Å². The summed E-state index contributed by atoms with van der Waals surface area (Å²) in [4.78, 5) is 40.8. The van der Waals surface area contributed by atoms with E-state index >= 15 is 0 Å². The van der Waals surface area contributed by atoms with Crippen molar-refractivity contribution in [3.05, 3.63) is 65.2 Å². The van der Waals surface area contributed by atoms with E-state index in [1.807, 2.05) is 19.1 Å². The van der Waals surface area contributed by atoms with Gasteiger partial charge in [-0.25, -0.2) is 4.79 Å². The number of nitrogens with zero attached hydrogens (tertiary/aromatic N) is 2. The Morgan fingerprint density at radius 3 is 2.34 bits per heavy atom. The molecule has 0 spiro atoms. The monoisotopic (exact) mass is 395 g/mol. The molecule has 2 aromatic carbocycles. The molecule has 7 heteroatoms. The summed E-state index contributed by atoms with van der Waals surface area (Å²) >= 11 is 0. The number of carbonyl (C=O) groups is 3. The molecule has 1 saturated heterocycles. The second-order valence-corrected chi connectivity index (χ2v) is 6.85. The number of piperazine rings is 1. The predicted molar refractivity (Wildman–Crippen MR) is 110 cm³/mol. The zero-order chi connectivity index (χ0) is 20.8. The number of para-hydroxylation sites is 1. The van der Waals surface area contributed by atoms with Crippen molar-refractivity contribution in [2.75, 3.05) is 38.1 Å². The van der Waals surface area contributed by atoms with Gasteiger partial charge in [0.2, 0.25) is 0 Å². The number of hydrogen-bond donors (Lipinski definition) is 1.